The molecule has 0 bridgehead atoms. The standard InChI is InChI=1S/C17H12Cl2F2N4O2S/c18-10-3-1-9(2-4-10)15-23-24-17(28)25(15)8-14(26)22-11-5-6-13(12(19)7-11)27-16(20)21/h1-7,16H,8H2,(H,22,26)(H,24,28). The van der Waals surface area contributed by atoms with E-state index in [9.17, 15) is 13.6 Å². The molecule has 3 aromatic rings. The van der Waals surface area contributed by atoms with Gasteiger partial charge in [-0.1, -0.05) is 23.2 Å². The predicted molar refractivity (Wildman–Crippen MR) is 105 cm³/mol. The Morgan fingerprint density at radius 2 is 1.96 bits per heavy atom. The summed E-state index contributed by atoms with van der Waals surface area (Å²) in [4.78, 5) is 12.4. The monoisotopic (exact) mass is 444 g/mol. The molecule has 0 radical (unpaired) electrons. The smallest absolute Gasteiger partial charge is 0.387 e. The van der Waals surface area contributed by atoms with Gasteiger partial charge in [-0.3, -0.25) is 14.5 Å². The number of hydrogen-bond acceptors (Lipinski definition) is 4. The maximum atomic E-state index is 12.4. The third-order valence-electron chi connectivity index (χ3n) is 3.59. The Balaban J connectivity index is 1.75. The van der Waals surface area contributed by atoms with Crippen molar-refractivity contribution in [2.45, 2.75) is 13.2 Å². The van der Waals surface area contributed by atoms with Crippen LogP contribution in [0.1, 0.15) is 0 Å². The van der Waals surface area contributed by atoms with Crippen molar-refractivity contribution < 1.29 is 18.3 Å². The van der Waals surface area contributed by atoms with Crippen molar-refractivity contribution in [2.75, 3.05) is 5.32 Å². The molecule has 3 rings (SSSR count). The number of ether oxygens (including phenoxy) is 1. The van der Waals surface area contributed by atoms with Crippen molar-refractivity contribution in [3.05, 3.63) is 57.3 Å². The van der Waals surface area contributed by atoms with E-state index < -0.39 is 12.5 Å². The van der Waals surface area contributed by atoms with E-state index >= 15 is 0 Å². The molecule has 6 nitrogen and oxygen atoms in total. The lowest BCUT2D eigenvalue weighted by Gasteiger charge is -2.11. The number of nitrogens with one attached hydrogen (secondary N) is 2. The molecule has 28 heavy (non-hydrogen) atoms. The fourth-order valence-corrected chi connectivity index (χ4v) is 2.95. The lowest BCUT2D eigenvalue weighted by molar-refractivity contribution is -0.116. The molecule has 0 aliphatic heterocycles. The minimum Gasteiger partial charge on any atom is -0.433 e. The Morgan fingerprint density at radius 3 is 2.61 bits per heavy atom. The summed E-state index contributed by atoms with van der Waals surface area (Å²) < 4.78 is 30.6. The normalized spacial score (nSPS) is 10.9. The van der Waals surface area contributed by atoms with Crippen LogP contribution < -0.4 is 10.1 Å². The molecule has 0 saturated heterocycles. The van der Waals surface area contributed by atoms with Crippen LogP contribution in [0.2, 0.25) is 10.0 Å². The van der Waals surface area contributed by atoms with Gasteiger partial charge in [-0.2, -0.15) is 13.9 Å². The van der Waals surface area contributed by atoms with Crippen molar-refractivity contribution >= 4 is 47.0 Å². The number of amides is 1. The average Bonchev–Trinajstić information content (AvgIpc) is 2.98. The lowest BCUT2D eigenvalue weighted by Crippen LogP contribution is -2.19. The van der Waals surface area contributed by atoms with Gasteiger partial charge < -0.3 is 10.1 Å². The zero-order valence-corrected chi connectivity index (χ0v) is 16.3. The molecule has 2 N–H and O–H groups in total. The molecular formula is C17H12Cl2F2N4O2S. The number of carbonyl (C=O) groups is 1. The Bertz CT molecular complexity index is 1050. The van der Waals surface area contributed by atoms with Crippen LogP contribution in [0.5, 0.6) is 5.75 Å². The number of carbonyl (C=O) groups excluding carboxylic acids is 1. The first kappa shape index (κ1) is 20.2. The number of halogens is 4. The quantitative estimate of drug-likeness (QED) is 0.515. The summed E-state index contributed by atoms with van der Waals surface area (Å²) in [6.07, 6.45) is 0. The number of nitrogens with zero attached hydrogens (tertiary/aromatic N) is 2. The molecule has 0 saturated carbocycles. The molecule has 0 atom stereocenters. The maximum Gasteiger partial charge on any atom is 0.387 e. The molecule has 0 fully saturated rings. The van der Waals surface area contributed by atoms with Crippen molar-refractivity contribution in [3.8, 4) is 17.1 Å². The summed E-state index contributed by atoms with van der Waals surface area (Å²) in [5, 5.41) is 9.92. The van der Waals surface area contributed by atoms with E-state index in [-0.39, 0.29) is 22.1 Å². The number of benzene rings is 2. The second-order valence-electron chi connectivity index (χ2n) is 5.52. The number of rotatable bonds is 6. The highest BCUT2D eigenvalue weighted by Gasteiger charge is 2.14. The van der Waals surface area contributed by atoms with Crippen molar-refractivity contribution in [1.82, 2.24) is 14.8 Å². The summed E-state index contributed by atoms with van der Waals surface area (Å²) in [6, 6.07) is 10.9. The number of H-pyrrole nitrogens is 1. The van der Waals surface area contributed by atoms with Crippen LogP contribution in [-0.2, 0) is 11.3 Å². The van der Waals surface area contributed by atoms with E-state index in [0.29, 0.717) is 16.5 Å². The maximum absolute atomic E-state index is 12.4. The molecule has 0 aliphatic rings. The molecule has 11 heteroatoms. The molecule has 2 aromatic carbocycles. The van der Waals surface area contributed by atoms with Crippen LogP contribution in [0.25, 0.3) is 11.4 Å². The number of anilines is 1. The van der Waals surface area contributed by atoms with E-state index in [4.69, 9.17) is 35.4 Å². The van der Waals surface area contributed by atoms with Gasteiger partial charge >= 0.3 is 6.61 Å². The van der Waals surface area contributed by atoms with Crippen LogP contribution in [0.4, 0.5) is 14.5 Å². The first-order chi connectivity index (χ1) is 13.3. The Morgan fingerprint density at radius 1 is 1.25 bits per heavy atom. The fraction of sp³-hybridized carbons (Fsp3) is 0.118. The summed E-state index contributed by atoms with van der Waals surface area (Å²) in [5.74, 6) is -0.126. The molecule has 146 valence electrons. The van der Waals surface area contributed by atoms with Gasteiger partial charge in [0.15, 0.2) is 10.6 Å². The zero-order chi connectivity index (χ0) is 20.3. The highest BCUT2D eigenvalue weighted by Crippen LogP contribution is 2.29. The number of aromatic nitrogens is 3. The predicted octanol–water partition coefficient (Wildman–Crippen LogP) is 5.15. The summed E-state index contributed by atoms with van der Waals surface area (Å²) in [7, 11) is 0. The third kappa shape index (κ3) is 4.86. The van der Waals surface area contributed by atoms with Crippen LogP contribution in [0, 0.1) is 4.77 Å². The molecule has 1 heterocycles. The Kier molecular flexibility index (Phi) is 6.28. The second kappa shape index (κ2) is 8.68. The summed E-state index contributed by atoms with van der Waals surface area (Å²) >= 11 is 17.0. The molecule has 0 unspecified atom stereocenters. The Labute approximate surface area is 173 Å². The molecule has 1 aromatic heterocycles. The van der Waals surface area contributed by atoms with Crippen LogP contribution in [0.3, 0.4) is 0 Å². The van der Waals surface area contributed by atoms with Gasteiger partial charge in [-0.25, -0.2) is 0 Å². The van der Waals surface area contributed by atoms with E-state index in [1.165, 1.54) is 22.8 Å². The van der Waals surface area contributed by atoms with Gasteiger partial charge in [0, 0.05) is 16.3 Å². The number of aromatic amines is 1. The second-order valence-corrected chi connectivity index (χ2v) is 6.75. The topological polar surface area (TPSA) is 71.9 Å². The molecule has 0 spiro atoms. The average molecular weight is 445 g/mol. The lowest BCUT2D eigenvalue weighted by atomic mass is 10.2. The third-order valence-corrected chi connectivity index (χ3v) is 4.45. The molecule has 1 amide bonds. The van der Waals surface area contributed by atoms with Crippen LogP contribution >= 0.6 is 35.4 Å². The van der Waals surface area contributed by atoms with Crippen LogP contribution in [0.15, 0.2) is 42.5 Å². The zero-order valence-electron chi connectivity index (χ0n) is 14.0. The summed E-state index contributed by atoms with van der Waals surface area (Å²) in [5.41, 5.74) is 1.04. The molecule has 0 aliphatic carbocycles. The van der Waals surface area contributed by atoms with Gasteiger partial charge in [0.2, 0.25) is 5.91 Å². The minimum atomic E-state index is -2.99. The van der Waals surface area contributed by atoms with E-state index in [1.54, 1.807) is 24.3 Å². The van der Waals surface area contributed by atoms with Gasteiger partial charge in [0.1, 0.15) is 12.3 Å². The highest BCUT2D eigenvalue weighted by atomic mass is 35.5. The van der Waals surface area contributed by atoms with Gasteiger partial charge in [0.05, 0.1) is 5.02 Å². The summed E-state index contributed by atoms with van der Waals surface area (Å²) in [6.45, 7) is -3.12. The van der Waals surface area contributed by atoms with Crippen LogP contribution in [-0.4, -0.2) is 27.3 Å². The number of hydrogen-bond donors (Lipinski definition) is 2. The fourth-order valence-electron chi connectivity index (χ4n) is 2.40. The van der Waals surface area contributed by atoms with E-state index in [1.807, 2.05) is 0 Å². The first-order valence-corrected chi connectivity index (χ1v) is 8.95. The molecular weight excluding hydrogens is 433 g/mol. The van der Waals surface area contributed by atoms with Gasteiger partial charge in [-0.05, 0) is 54.7 Å². The van der Waals surface area contributed by atoms with Gasteiger partial charge in [0.25, 0.3) is 0 Å². The minimum absolute atomic E-state index is 0.0557. The number of alkyl halides is 2. The van der Waals surface area contributed by atoms with E-state index in [2.05, 4.69) is 20.3 Å². The largest absolute Gasteiger partial charge is 0.433 e. The van der Waals surface area contributed by atoms with E-state index in [0.717, 1.165) is 5.56 Å². The first-order valence-electron chi connectivity index (χ1n) is 7.79. The highest BCUT2D eigenvalue weighted by molar-refractivity contribution is 7.71. The SMILES string of the molecule is O=C(Cn1c(-c2ccc(Cl)cc2)n[nH]c1=S)Nc1ccc(OC(F)F)c(Cl)c1. The van der Waals surface area contributed by atoms with Crippen molar-refractivity contribution in [1.29, 1.82) is 0 Å². The van der Waals surface area contributed by atoms with Gasteiger partial charge in [-0.15, -0.1) is 0 Å². The van der Waals surface area contributed by atoms with Crippen molar-refractivity contribution in [2.24, 2.45) is 0 Å². The Hall–Kier alpha value is -2.49. The van der Waals surface area contributed by atoms with Crippen molar-refractivity contribution in [3.63, 3.8) is 0 Å².